The number of fused-ring (bicyclic) bond motifs is 1. The maximum Gasteiger partial charge on any atom is 0.148 e. The third kappa shape index (κ3) is 6.36. The molecule has 0 aliphatic rings. The Bertz CT molecular complexity index is 1030. The van der Waals surface area contributed by atoms with Gasteiger partial charge >= 0.3 is 0 Å². The molecule has 1 atom stereocenters. The molecule has 0 aliphatic heterocycles. The van der Waals surface area contributed by atoms with Gasteiger partial charge in [-0.1, -0.05) is 82.8 Å². The second kappa shape index (κ2) is 12.2. The van der Waals surface area contributed by atoms with Crippen molar-refractivity contribution in [3.05, 3.63) is 78.7 Å². The van der Waals surface area contributed by atoms with Gasteiger partial charge in [-0.2, -0.15) is 0 Å². The maximum atomic E-state index is 9.86. The summed E-state index contributed by atoms with van der Waals surface area (Å²) in [6, 6.07) is 10.4. The Kier molecular flexibility index (Phi) is 9.63. The number of aliphatic hydroxyl groups is 1. The molecule has 1 aromatic carbocycles. The summed E-state index contributed by atoms with van der Waals surface area (Å²) < 4.78 is 0.973. The van der Waals surface area contributed by atoms with E-state index in [2.05, 4.69) is 79.5 Å². The van der Waals surface area contributed by atoms with Crippen LogP contribution < -0.4 is 5.32 Å². The molecule has 0 spiro atoms. The summed E-state index contributed by atoms with van der Waals surface area (Å²) in [7, 11) is 0. The van der Waals surface area contributed by atoms with E-state index in [1.165, 1.54) is 17.5 Å². The molecule has 4 nitrogen and oxygen atoms in total. The monoisotopic (exact) mass is 435 g/mol. The molecule has 2 heterocycles. The molecule has 0 saturated heterocycles. The molecule has 0 radical (unpaired) electrons. The standard InChI is InChI=1S/C23H25N3OS.C3H8/c1-5-8-17(7-3)20(14-27)26-23-22-19(24-15(4)25-23)13-21(28-22)18-11-9-16(6-2)10-12-18;1-3-2/h5,7-13,20,27H,1,3,6,14H2,2,4H3,(H,24,25,26);3H2,1-2H3/b17-8+;/t20-;/m1./s1. The van der Waals surface area contributed by atoms with E-state index in [1.807, 2.05) is 13.0 Å². The van der Waals surface area contributed by atoms with Gasteiger partial charge in [0.25, 0.3) is 0 Å². The molecule has 3 aromatic rings. The van der Waals surface area contributed by atoms with Crippen LogP contribution in [0.1, 0.15) is 38.6 Å². The molecular weight excluding hydrogens is 402 g/mol. The molecule has 0 saturated carbocycles. The molecule has 0 bridgehead atoms. The van der Waals surface area contributed by atoms with Gasteiger partial charge in [-0.15, -0.1) is 11.3 Å². The van der Waals surface area contributed by atoms with Crippen molar-refractivity contribution < 1.29 is 5.11 Å². The number of hydrogen-bond donors (Lipinski definition) is 2. The van der Waals surface area contributed by atoms with Gasteiger partial charge < -0.3 is 10.4 Å². The maximum absolute atomic E-state index is 9.86. The molecule has 0 aliphatic carbocycles. The highest BCUT2D eigenvalue weighted by Crippen LogP contribution is 2.36. The SMILES string of the molecule is C=C/C=C(\C=C)[C@@H](CO)Nc1nc(C)nc2cc(-c3ccc(CC)cc3)sc12.CCC. The van der Waals surface area contributed by atoms with Gasteiger partial charge in [-0.05, 0) is 36.1 Å². The Morgan fingerprint density at radius 2 is 1.84 bits per heavy atom. The highest BCUT2D eigenvalue weighted by atomic mass is 32.1. The molecular formula is C26H33N3OS. The molecule has 5 heteroatoms. The van der Waals surface area contributed by atoms with Crippen LogP contribution in [0, 0.1) is 6.92 Å². The summed E-state index contributed by atoms with van der Waals surface area (Å²) in [5.41, 5.74) is 4.24. The van der Waals surface area contributed by atoms with Gasteiger partial charge in [-0.3, -0.25) is 0 Å². The zero-order valence-corrected chi connectivity index (χ0v) is 19.8. The number of aliphatic hydroxyl groups excluding tert-OH is 1. The first kappa shape index (κ1) is 24.5. The fraction of sp³-hybridized carbons (Fsp3) is 0.308. The quantitative estimate of drug-likeness (QED) is 0.386. The highest BCUT2D eigenvalue weighted by molar-refractivity contribution is 7.22. The van der Waals surface area contributed by atoms with E-state index in [0.717, 1.165) is 32.9 Å². The smallest absolute Gasteiger partial charge is 0.148 e. The van der Waals surface area contributed by atoms with Crippen LogP contribution in [-0.2, 0) is 6.42 Å². The van der Waals surface area contributed by atoms with E-state index in [9.17, 15) is 5.11 Å². The van der Waals surface area contributed by atoms with Gasteiger partial charge in [0.1, 0.15) is 11.6 Å². The summed E-state index contributed by atoms with van der Waals surface area (Å²) in [6.45, 7) is 15.8. The van der Waals surface area contributed by atoms with E-state index in [-0.39, 0.29) is 12.6 Å². The van der Waals surface area contributed by atoms with Crippen molar-refractivity contribution >= 4 is 27.4 Å². The normalized spacial score (nSPS) is 12.1. The fourth-order valence-corrected chi connectivity index (χ4v) is 4.11. The van der Waals surface area contributed by atoms with E-state index >= 15 is 0 Å². The number of anilines is 1. The number of rotatable bonds is 8. The minimum absolute atomic E-state index is 0.0764. The Labute approximate surface area is 190 Å². The second-order valence-electron chi connectivity index (χ2n) is 7.19. The van der Waals surface area contributed by atoms with Crippen LogP contribution in [0.3, 0.4) is 0 Å². The van der Waals surface area contributed by atoms with Crippen LogP contribution in [0.2, 0.25) is 0 Å². The first-order chi connectivity index (χ1) is 15.0. The van der Waals surface area contributed by atoms with Crippen LogP contribution in [0.5, 0.6) is 0 Å². The third-order valence-electron chi connectivity index (χ3n) is 4.57. The lowest BCUT2D eigenvalue weighted by atomic mass is 10.1. The van der Waals surface area contributed by atoms with E-state index in [4.69, 9.17) is 0 Å². The van der Waals surface area contributed by atoms with Crippen LogP contribution in [0.25, 0.3) is 20.7 Å². The summed E-state index contributed by atoms with van der Waals surface area (Å²) in [4.78, 5) is 10.3. The summed E-state index contributed by atoms with van der Waals surface area (Å²) in [5, 5.41) is 13.2. The van der Waals surface area contributed by atoms with E-state index in [0.29, 0.717) is 5.82 Å². The van der Waals surface area contributed by atoms with Crippen LogP contribution >= 0.6 is 11.3 Å². The summed E-state index contributed by atoms with van der Waals surface area (Å²) in [5.74, 6) is 1.41. The van der Waals surface area contributed by atoms with Crippen molar-refractivity contribution in [3.63, 3.8) is 0 Å². The number of nitrogens with zero attached hydrogens (tertiary/aromatic N) is 2. The summed E-state index contributed by atoms with van der Waals surface area (Å²) >= 11 is 1.65. The van der Waals surface area contributed by atoms with Gasteiger partial charge in [0.15, 0.2) is 0 Å². The number of allylic oxidation sites excluding steroid dienone is 2. The average Bonchev–Trinajstić information content (AvgIpc) is 3.20. The zero-order valence-electron chi connectivity index (χ0n) is 19.0. The van der Waals surface area contributed by atoms with Gasteiger partial charge in [0, 0.05) is 4.88 Å². The Hall–Kier alpha value is -2.76. The summed E-state index contributed by atoms with van der Waals surface area (Å²) in [6.07, 6.45) is 7.51. The van der Waals surface area contributed by atoms with Crippen LogP contribution in [0.15, 0.2) is 67.3 Å². The topological polar surface area (TPSA) is 58.0 Å². The van der Waals surface area contributed by atoms with Crippen molar-refractivity contribution in [3.8, 4) is 10.4 Å². The number of aromatic nitrogens is 2. The first-order valence-electron chi connectivity index (χ1n) is 10.7. The molecule has 0 fully saturated rings. The van der Waals surface area contributed by atoms with Crippen LogP contribution in [0.4, 0.5) is 5.82 Å². The van der Waals surface area contributed by atoms with Crippen molar-refractivity contribution in [1.82, 2.24) is 9.97 Å². The Balaban J connectivity index is 0.00000107. The van der Waals surface area contributed by atoms with E-state index in [1.54, 1.807) is 23.5 Å². The molecule has 3 rings (SSSR count). The lowest BCUT2D eigenvalue weighted by molar-refractivity contribution is 0.288. The fourth-order valence-electron chi connectivity index (χ4n) is 3.05. The predicted molar refractivity (Wildman–Crippen MR) is 136 cm³/mol. The highest BCUT2D eigenvalue weighted by Gasteiger charge is 2.16. The average molecular weight is 436 g/mol. The molecule has 2 N–H and O–H groups in total. The van der Waals surface area contributed by atoms with Gasteiger partial charge in [0.05, 0.1) is 22.9 Å². The largest absolute Gasteiger partial charge is 0.394 e. The predicted octanol–water partition coefficient (Wildman–Crippen LogP) is 6.72. The second-order valence-corrected chi connectivity index (χ2v) is 8.24. The third-order valence-corrected chi connectivity index (χ3v) is 5.75. The zero-order chi connectivity index (χ0) is 22.8. The molecule has 164 valence electrons. The first-order valence-corrected chi connectivity index (χ1v) is 11.5. The number of thiophene rings is 1. The number of benzene rings is 1. The minimum Gasteiger partial charge on any atom is -0.394 e. The number of hydrogen-bond acceptors (Lipinski definition) is 5. The molecule has 31 heavy (non-hydrogen) atoms. The number of aryl methyl sites for hydroxylation is 2. The van der Waals surface area contributed by atoms with Crippen molar-refractivity contribution in [1.29, 1.82) is 0 Å². The molecule has 0 unspecified atom stereocenters. The molecule has 0 amide bonds. The van der Waals surface area contributed by atoms with Crippen molar-refractivity contribution in [2.75, 3.05) is 11.9 Å². The Morgan fingerprint density at radius 3 is 2.39 bits per heavy atom. The van der Waals surface area contributed by atoms with Crippen LogP contribution in [-0.4, -0.2) is 27.7 Å². The van der Waals surface area contributed by atoms with Crippen molar-refractivity contribution in [2.45, 2.75) is 46.6 Å². The minimum atomic E-state index is -0.317. The van der Waals surface area contributed by atoms with E-state index < -0.39 is 0 Å². The van der Waals surface area contributed by atoms with Gasteiger partial charge in [-0.25, -0.2) is 9.97 Å². The number of nitrogens with one attached hydrogen (secondary N) is 1. The Morgan fingerprint density at radius 1 is 1.16 bits per heavy atom. The lowest BCUT2D eigenvalue weighted by Crippen LogP contribution is -2.26. The lowest BCUT2D eigenvalue weighted by Gasteiger charge is -2.18. The van der Waals surface area contributed by atoms with Gasteiger partial charge in [0.2, 0.25) is 0 Å². The molecule has 2 aromatic heterocycles. The van der Waals surface area contributed by atoms with Crippen molar-refractivity contribution in [2.24, 2.45) is 0 Å².